The van der Waals surface area contributed by atoms with Crippen LogP contribution in [0.25, 0.3) is 0 Å². The third kappa shape index (κ3) is 2.67. The van der Waals surface area contributed by atoms with E-state index in [9.17, 15) is 13.6 Å². The first-order valence-electron chi connectivity index (χ1n) is 5.96. The van der Waals surface area contributed by atoms with Crippen molar-refractivity contribution in [1.29, 1.82) is 0 Å². The van der Waals surface area contributed by atoms with Crippen LogP contribution < -0.4 is 0 Å². The Hall–Kier alpha value is -1.49. The maximum atomic E-state index is 13.4. The zero-order valence-electron chi connectivity index (χ0n) is 9.90. The molecule has 18 heavy (non-hydrogen) atoms. The van der Waals surface area contributed by atoms with E-state index in [-0.39, 0.29) is 30.5 Å². The number of carbonyl (C=O) groups excluding carboxylic acids is 1. The summed E-state index contributed by atoms with van der Waals surface area (Å²) in [4.78, 5) is 13.5. The Morgan fingerprint density at radius 3 is 2.89 bits per heavy atom. The summed E-state index contributed by atoms with van der Waals surface area (Å²) in [6, 6.07) is 3.03. The van der Waals surface area contributed by atoms with Gasteiger partial charge in [0.1, 0.15) is 11.6 Å². The SMILES string of the molecule is O=C(Cc1ccc(F)cc1F)N1CCCC1CO. The van der Waals surface area contributed by atoms with Gasteiger partial charge in [-0.2, -0.15) is 0 Å². The van der Waals surface area contributed by atoms with E-state index < -0.39 is 11.6 Å². The number of benzene rings is 1. The van der Waals surface area contributed by atoms with Crippen LogP contribution in [0.5, 0.6) is 0 Å². The molecule has 1 amide bonds. The number of carbonyl (C=O) groups is 1. The van der Waals surface area contributed by atoms with Gasteiger partial charge in [0.25, 0.3) is 0 Å². The van der Waals surface area contributed by atoms with Gasteiger partial charge in [-0.15, -0.1) is 0 Å². The summed E-state index contributed by atoms with van der Waals surface area (Å²) < 4.78 is 26.2. The van der Waals surface area contributed by atoms with Crippen LogP contribution in [0.3, 0.4) is 0 Å². The molecule has 0 saturated carbocycles. The summed E-state index contributed by atoms with van der Waals surface area (Å²) in [5.74, 6) is -1.58. The fourth-order valence-electron chi connectivity index (χ4n) is 2.28. The second-order valence-electron chi connectivity index (χ2n) is 4.48. The molecule has 0 aromatic heterocycles. The Morgan fingerprint density at radius 1 is 1.44 bits per heavy atom. The zero-order valence-corrected chi connectivity index (χ0v) is 9.90. The monoisotopic (exact) mass is 255 g/mol. The zero-order chi connectivity index (χ0) is 13.1. The second kappa shape index (κ2) is 5.44. The average molecular weight is 255 g/mol. The van der Waals surface area contributed by atoms with Crippen molar-refractivity contribution in [2.45, 2.75) is 25.3 Å². The minimum atomic E-state index is -0.705. The summed E-state index contributed by atoms with van der Waals surface area (Å²) in [5.41, 5.74) is 0.185. The van der Waals surface area contributed by atoms with E-state index in [1.807, 2.05) is 0 Å². The minimum Gasteiger partial charge on any atom is -0.394 e. The van der Waals surface area contributed by atoms with Gasteiger partial charge in [0.2, 0.25) is 5.91 Å². The molecule has 1 aliphatic rings. The second-order valence-corrected chi connectivity index (χ2v) is 4.48. The average Bonchev–Trinajstić information content (AvgIpc) is 2.81. The molecule has 1 N–H and O–H groups in total. The number of amides is 1. The van der Waals surface area contributed by atoms with Crippen molar-refractivity contribution in [3.8, 4) is 0 Å². The number of likely N-dealkylation sites (tertiary alicyclic amines) is 1. The van der Waals surface area contributed by atoms with Crippen LogP contribution >= 0.6 is 0 Å². The molecule has 1 aromatic rings. The molecule has 2 rings (SSSR count). The van der Waals surface area contributed by atoms with Crippen molar-refractivity contribution in [3.63, 3.8) is 0 Å². The van der Waals surface area contributed by atoms with Crippen LogP contribution in [0.1, 0.15) is 18.4 Å². The number of halogens is 2. The molecule has 1 fully saturated rings. The van der Waals surface area contributed by atoms with Crippen LogP contribution in [0.15, 0.2) is 18.2 Å². The summed E-state index contributed by atoms with van der Waals surface area (Å²) >= 11 is 0. The highest BCUT2D eigenvalue weighted by atomic mass is 19.1. The molecule has 1 saturated heterocycles. The Bertz CT molecular complexity index is 451. The highest BCUT2D eigenvalue weighted by molar-refractivity contribution is 5.79. The summed E-state index contributed by atoms with van der Waals surface area (Å²) in [5, 5.41) is 9.12. The van der Waals surface area contributed by atoms with Crippen LogP contribution in [0.2, 0.25) is 0 Å². The van der Waals surface area contributed by atoms with Crippen LogP contribution in [-0.2, 0) is 11.2 Å². The molecule has 1 atom stereocenters. The third-order valence-electron chi connectivity index (χ3n) is 3.27. The maximum Gasteiger partial charge on any atom is 0.227 e. The van der Waals surface area contributed by atoms with E-state index in [1.165, 1.54) is 6.07 Å². The van der Waals surface area contributed by atoms with Gasteiger partial charge in [-0.3, -0.25) is 4.79 Å². The first-order valence-corrected chi connectivity index (χ1v) is 5.96. The van der Waals surface area contributed by atoms with Gasteiger partial charge in [0, 0.05) is 12.6 Å². The van der Waals surface area contributed by atoms with Crippen molar-refractivity contribution >= 4 is 5.91 Å². The summed E-state index contributed by atoms with van der Waals surface area (Å²) in [7, 11) is 0. The largest absolute Gasteiger partial charge is 0.394 e. The molecule has 3 nitrogen and oxygen atoms in total. The van der Waals surface area contributed by atoms with Gasteiger partial charge < -0.3 is 10.0 Å². The predicted molar refractivity (Wildman–Crippen MR) is 61.9 cm³/mol. The molecule has 5 heteroatoms. The quantitative estimate of drug-likeness (QED) is 0.889. The van der Waals surface area contributed by atoms with Crippen LogP contribution in [0.4, 0.5) is 8.78 Å². The number of rotatable bonds is 3. The normalized spacial score (nSPS) is 19.3. The van der Waals surface area contributed by atoms with Gasteiger partial charge in [-0.05, 0) is 24.5 Å². The summed E-state index contributed by atoms with van der Waals surface area (Å²) in [6.07, 6.45) is 1.53. The molecular formula is C13H15F2NO2. The Kier molecular flexibility index (Phi) is 3.91. The van der Waals surface area contributed by atoms with E-state index in [2.05, 4.69) is 0 Å². The van der Waals surface area contributed by atoms with E-state index >= 15 is 0 Å². The van der Waals surface area contributed by atoms with Gasteiger partial charge in [0.05, 0.1) is 19.1 Å². The standard InChI is InChI=1S/C13H15F2NO2/c14-10-4-3-9(12(15)7-10)6-13(18)16-5-1-2-11(16)8-17/h3-4,7,11,17H,1-2,5-6,8H2. The van der Waals surface area contributed by atoms with E-state index in [4.69, 9.17) is 5.11 Å². The maximum absolute atomic E-state index is 13.4. The number of hydrogen-bond donors (Lipinski definition) is 1. The molecule has 0 radical (unpaired) electrons. The lowest BCUT2D eigenvalue weighted by Crippen LogP contribution is -2.38. The fraction of sp³-hybridized carbons (Fsp3) is 0.462. The van der Waals surface area contributed by atoms with Crippen molar-refractivity contribution in [2.24, 2.45) is 0 Å². The van der Waals surface area contributed by atoms with E-state index in [0.29, 0.717) is 6.54 Å². The number of hydrogen-bond acceptors (Lipinski definition) is 2. The number of aliphatic hydroxyl groups is 1. The molecule has 1 aromatic carbocycles. The molecular weight excluding hydrogens is 240 g/mol. The Balaban J connectivity index is 2.07. The lowest BCUT2D eigenvalue weighted by Gasteiger charge is -2.23. The first kappa shape index (κ1) is 13.0. The van der Waals surface area contributed by atoms with Gasteiger partial charge >= 0.3 is 0 Å². The van der Waals surface area contributed by atoms with Gasteiger partial charge in [0.15, 0.2) is 0 Å². The van der Waals surface area contributed by atoms with E-state index in [1.54, 1.807) is 4.90 Å². The van der Waals surface area contributed by atoms with Crippen LogP contribution in [0, 0.1) is 11.6 Å². The first-order chi connectivity index (χ1) is 8.61. The van der Waals surface area contributed by atoms with Crippen LogP contribution in [-0.4, -0.2) is 35.1 Å². The molecule has 0 spiro atoms. The summed E-state index contributed by atoms with van der Waals surface area (Å²) in [6.45, 7) is 0.518. The molecule has 98 valence electrons. The van der Waals surface area contributed by atoms with Crippen molar-refractivity contribution in [3.05, 3.63) is 35.4 Å². The van der Waals surface area contributed by atoms with Gasteiger partial charge in [-0.1, -0.05) is 6.07 Å². The minimum absolute atomic E-state index is 0.0718. The highest BCUT2D eigenvalue weighted by Gasteiger charge is 2.28. The predicted octanol–water partition coefficient (Wildman–Crippen LogP) is 1.49. The smallest absolute Gasteiger partial charge is 0.227 e. The topological polar surface area (TPSA) is 40.5 Å². The van der Waals surface area contributed by atoms with Crippen molar-refractivity contribution in [1.82, 2.24) is 4.90 Å². The number of aliphatic hydroxyl groups excluding tert-OH is 1. The Labute approximate surface area is 104 Å². The molecule has 0 bridgehead atoms. The van der Waals surface area contributed by atoms with Crippen molar-refractivity contribution in [2.75, 3.05) is 13.2 Å². The molecule has 1 unspecified atom stereocenters. The third-order valence-corrected chi connectivity index (χ3v) is 3.27. The molecule has 1 aliphatic heterocycles. The Morgan fingerprint density at radius 2 is 2.22 bits per heavy atom. The number of nitrogens with zero attached hydrogens (tertiary/aromatic N) is 1. The lowest BCUT2D eigenvalue weighted by atomic mass is 10.1. The van der Waals surface area contributed by atoms with Crippen molar-refractivity contribution < 1.29 is 18.7 Å². The fourth-order valence-corrected chi connectivity index (χ4v) is 2.28. The highest BCUT2D eigenvalue weighted by Crippen LogP contribution is 2.19. The lowest BCUT2D eigenvalue weighted by molar-refractivity contribution is -0.132. The molecule has 0 aliphatic carbocycles. The van der Waals surface area contributed by atoms with Gasteiger partial charge in [-0.25, -0.2) is 8.78 Å². The molecule has 1 heterocycles. The van der Waals surface area contributed by atoms with E-state index in [0.717, 1.165) is 25.0 Å².